The average Bonchev–Trinajstić information content (AvgIpc) is 2.32. The standard InChI is InChI=1S/C14H30N2O/c1-4-13(2)7-10-16(11-8-13)9-5-6-14(3,17)12-15/h17H,4-12,15H2,1-3H3. The average molecular weight is 242 g/mol. The quantitative estimate of drug-likeness (QED) is 0.749. The zero-order chi connectivity index (χ0) is 12.9. The summed E-state index contributed by atoms with van der Waals surface area (Å²) in [5, 5.41) is 9.83. The maximum absolute atomic E-state index is 9.83. The van der Waals surface area contributed by atoms with Crippen LogP contribution < -0.4 is 5.73 Å². The van der Waals surface area contributed by atoms with Crippen LogP contribution in [0, 0.1) is 5.41 Å². The van der Waals surface area contributed by atoms with E-state index in [4.69, 9.17) is 5.73 Å². The zero-order valence-corrected chi connectivity index (χ0v) is 11.8. The van der Waals surface area contributed by atoms with Gasteiger partial charge in [-0.3, -0.25) is 0 Å². The maximum atomic E-state index is 9.83. The van der Waals surface area contributed by atoms with E-state index in [1.54, 1.807) is 0 Å². The van der Waals surface area contributed by atoms with Gasteiger partial charge in [0.2, 0.25) is 0 Å². The van der Waals surface area contributed by atoms with Crippen LogP contribution in [0.5, 0.6) is 0 Å². The van der Waals surface area contributed by atoms with Crippen LogP contribution in [0.25, 0.3) is 0 Å². The van der Waals surface area contributed by atoms with Crippen LogP contribution in [0.2, 0.25) is 0 Å². The minimum absolute atomic E-state index is 0.362. The van der Waals surface area contributed by atoms with Gasteiger partial charge in [-0.15, -0.1) is 0 Å². The first-order valence-corrected chi connectivity index (χ1v) is 7.06. The second-order valence-electron chi connectivity index (χ2n) is 6.31. The van der Waals surface area contributed by atoms with E-state index in [9.17, 15) is 5.11 Å². The highest BCUT2D eigenvalue weighted by atomic mass is 16.3. The molecule has 1 aliphatic rings. The van der Waals surface area contributed by atoms with Crippen LogP contribution in [0.1, 0.15) is 52.9 Å². The van der Waals surface area contributed by atoms with Crippen molar-refractivity contribution in [2.75, 3.05) is 26.2 Å². The zero-order valence-electron chi connectivity index (χ0n) is 11.8. The van der Waals surface area contributed by atoms with E-state index in [-0.39, 0.29) is 0 Å². The Balaban J connectivity index is 2.19. The minimum atomic E-state index is -0.673. The van der Waals surface area contributed by atoms with Crippen molar-refractivity contribution >= 4 is 0 Å². The third-order valence-electron chi connectivity index (χ3n) is 4.55. The van der Waals surface area contributed by atoms with Gasteiger partial charge in [0, 0.05) is 6.54 Å². The van der Waals surface area contributed by atoms with Crippen molar-refractivity contribution in [2.45, 2.75) is 58.5 Å². The molecule has 1 atom stereocenters. The molecule has 1 unspecified atom stereocenters. The molecule has 3 heteroatoms. The molecule has 0 aromatic carbocycles. The van der Waals surface area contributed by atoms with Gasteiger partial charge >= 0.3 is 0 Å². The van der Waals surface area contributed by atoms with E-state index in [0.717, 1.165) is 19.4 Å². The minimum Gasteiger partial charge on any atom is -0.389 e. The van der Waals surface area contributed by atoms with E-state index < -0.39 is 5.60 Å². The van der Waals surface area contributed by atoms with Crippen molar-refractivity contribution in [3.63, 3.8) is 0 Å². The molecular formula is C14H30N2O. The Morgan fingerprint density at radius 1 is 1.35 bits per heavy atom. The van der Waals surface area contributed by atoms with Crippen molar-refractivity contribution in [2.24, 2.45) is 11.1 Å². The Bertz CT molecular complexity index is 220. The summed E-state index contributed by atoms with van der Waals surface area (Å²) in [5.74, 6) is 0. The first kappa shape index (κ1) is 14.9. The van der Waals surface area contributed by atoms with E-state index in [0.29, 0.717) is 12.0 Å². The molecule has 0 saturated carbocycles. The van der Waals surface area contributed by atoms with E-state index in [1.165, 1.54) is 32.4 Å². The lowest BCUT2D eigenvalue weighted by molar-refractivity contribution is 0.0496. The van der Waals surface area contributed by atoms with Gasteiger partial charge in [0.05, 0.1) is 5.60 Å². The molecule has 3 nitrogen and oxygen atoms in total. The monoisotopic (exact) mass is 242 g/mol. The molecule has 0 amide bonds. The molecule has 0 aromatic rings. The molecule has 0 aromatic heterocycles. The van der Waals surface area contributed by atoms with Crippen LogP contribution in [-0.2, 0) is 0 Å². The molecule has 17 heavy (non-hydrogen) atoms. The first-order valence-electron chi connectivity index (χ1n) is 7.06. The molecule has 1 heterocycles. The predicted octanol–water partition coefficient (Wildman–Crippen LogP) is 1.99. The van der Waals surface area contributed by atoms with Crippen LogP contribution in [0.3, 0.4) is 0 Å². The molecule has 3 N–H and O–H groups in total. The van der Waals surface area contributed by atoms with Gasteiger partial charge in [-0.1, -0.05) is 20.3 Å². The molecule has 1 saturated heterocycles. The Morgan fingerprint density at radius 2 is 1.94 bits per heavy atom. The molecule has 102 valence electrons. The molecule has 0 spiro atoms. The van der Waals surface area contributed by atoms with Gasteiger partial charge in [-0.2, -0.15) is 0 Å². The van der Waals surface area contributed by atoms with E-state index >= 15 is 0 Å². The van der Waals surface area contributed by atoms with Crippen LogP contribution in [-0.4, -0.2) is 41.8 Å². The Labute approximate surface area is 106 Å². The summed E-state index contributed by atoms with van der Waals surface area (Å²) in [6, 6.07) is 0. The normalized spacial score (nSPS) is 24.5. The highest BCUT2D eigenvalue weighted by Gasteiger charge is 2.28. The van der Waals surface area contributed by atoms with Crippen molar-refractivity contribution in [1.29, 1.82) is 0 Å². The van der Waals surface area contributed by atoms with Crippen molar-refractivity contribution in [3.05, 3.63) is 0 Å². The lowest BCUT2D eigenvalue weighted by atomic mass is 9.78. The molecule has 0 radical (unpaired) electrons. The Morgan fingerprint density at radius 3 is 2.41 bits per heavy atom. The summed E-state index contributed by atoms with van der Waals surface area (Å²) in [4.78, 5) is 2.53. The lowest BCUT2D eigenvalue weighted by Gasteiger charge is -2.39. The summed E-state index contributed by atoms with van der Waals surface area (Å²) >= 11 is 0. The summed E-state index contributed by atoms with van der Waals surface area (Å²) in [7, 11) is 0. The van der Waals surface area contributed by atoms with Crippen molar-refractivity contribution in [1.82, 2.24) is 4.90 Å². The molecule has 1 aliphatic heterocycles. The van der Waals surface area contributed by atoms with Crippen LogP contribution >= 0.6 is 0 Å². The topological polar surface area (TPSA) is 49.5 Å². The van der Waals surface area contributed by atoms with Gasteiger partial charge < -0.3 is 15.7 Å². The fraction of sp³-hybridized carbons (Fsp3) is 1.00. The van der Waals surface area contributed by atoms with Crippen molar-refractivity contribution in [3.8, 4) is 0 Å². The Hall–Kier alpha value is -0.120. The summed E-state index contributed by atoms with van der Waals surface area (Å²) in [6.45, 7) is 10.4. The second kappa shape index (κ2) is 6.17. The molecule has 0 bridgehead atoms. The number of rotatable bonds is 6. The van der Waals surface area contributed by atoms with Gasteiger partial charge in [0.1, 0.15) is 0 Å². The number of nitrogens with zero attached hydrogens (tertiary/aromatic N) is 1. The van der Waals surface area contributed by atoms with Gasteiger partial charge in [0.25, 0.3) is 0 Å². The summed E-state index contributed by atoms with van der Waals surface area (Å²) in [5.41, 5.74) is 5.41. The highest BCUT2D eigenvalue weighted by Crippen LogP contribution is 2.33. The first-order chi connectivity index (χ1) is 7.91. The predicted molar refractivity (Wildman–Crippen MR) is 73.0 cm³/mol. The molecule has 1 rings (SSSR count). The van der Waals surface area contributed by atoms with Gasteiger partial charge in [-0.25, -0.2) is 0 Å². The number of nitrogens with two attached hydrogens (primary N) is 1. The fourth-order valence-electron chi connectivity index (χ4n) is 2.46. The van der Waals surface area contributed by atoms with Crippen LogP contribution in [0.15, 0.2) is 0 Å². The maximum Gasteiger partial charge on any atom is 0.0741 e. The summed E-state index contributed by atoms with van der Waals surface area (Å²) in [6.07, 6.45) is 5.79. The van der Waals surface area contributed by atoms with Gasteiger partial charge in [-0.05, 0) is 57.7 Å². The largest absolute Gasteiger partial charge is 0.389 e. The third kappa shape index (κ3) is 4.94. The molecular weight excluding hydrogens is 212 g/mol. The highest BCUT2D eigenvalue weighted by molar-refractivity contribution is 4.82. The SMILES string of the molecule is CCC1(C)CCN(CCCC(C)(O)CN)CC1. The summed E-state index contributed by atoms with van der Waals surface area (Å²) < 4.78 is 0. The lowest BCUT2D eigenvalue weighted by Crippen LogP contribution is -2.40. The number of hydrogen-bond donors (Lipinski definition) is 2. The third-order valence-corrected chi connectivity index (χ3v) is 4.55. The number of hydrogen-bond acceptors (Lipinski definition) is 3. The smallest absolute Gasteiger partial charge is 0.0741 e. The van der Waals surface area contributed by atoms with Crippen molar-refractivity contribution < 1.29 is 5.11 Å². The van der Waals surface area contributed by atoms with E-state index in [2.05, 4.69) is 18.7 Å². The molecule has 1 fully saturated rings. The van der Waals surface area contributed by atoms with E-state index in [1.807, 2.05) is 6.92 Å². The van der Waals surface area contributed by atoms with Crippen LogP contribution in [0.4, 0.5) is 0 Å². The molecule has 0 aliphatic carbocycles. The van der Waals surface area contributed by atoms with Gasteiger partial charge in [0.15, 0.2) is 0 Å². The Kier molecular flexibility index (Phi) is 5.42. The second-order valence-corrected chi connectivity index (χ2v) is 6.31. The fourth-order valence-corrected chi connectivity index (χ4v) is 2.46. The number of piperidine rings is 1. The number of aliphatic hydroxyl groups is 1. The number of likely N-dealkylation sites (tertiary alicyclic amines) is 1.